The van der Waals surface area contributed by atoms with Crippen LogP contribution in [0, 0.1) is 11.8 Å². The number of methoxy groups -OCH3 is 1. The lowest BCUT2D eigenvalue weighted by Gasteiger charge is -2.37. The Hall–Kier alpha value is -1.32. The van der Waals surface area contributed by atoms with Crippen LogP contribution in [-0.4, -0.2) is 37.0 Å². The number of ether oxygens (including phenoxy) is 1. The summed E-state index contributed by atoms with van der Waals surface area (Å²) < 4.78 is 4.68. The van der Waals surface area contributed by atoms with Gasteiger partial charge in [-0.15, -0.1) is 0 Å². The Balaban J connectivity index is 2.02. The number of hydrogen-bond acceptors (Lipinski definition) is 3. The number of ketones is 1. The molecular formula is C11H15NO3. The molecule has 0 aromatic heterocycles. The predicted octanol–water partition coefficient (Wildman–Crippen LogP) is 1.22. The van der Waals surface area contributed by atoms with Crippen molar-refractivity contribution in [3.05, 3.63) is 12.2 Å². The van der Waals surface area contributed by atoms with Gasteiger partial charge in [0.25, 0.3) is 0 Å². The molecule has 1 fully saturated rings. The highest BCUT2D eigenvalue weighted by Gasteiger charge is 2.33. The summed E-state index contributed by atoms with van der Waals surface area (Å²) >= 11 is 0. The standard InChI is InChI=1S/C11H15NO3/c1-15-11(14)12-5-4-8-2-3-10(13)6-9(8)7-12/h2-3,8-9H,4-7H2,1H3/t8-,9+/m1/s1. The fraction of sp³-hybridized carbons (Fsp3) is 0.636. The molecule has 1 amide bonds. The van der Waals surface area contributed by atoms with Crippen molar-refractivity contribution in [1.82, 2.24) is 4.90 Å². The Bertz CT molecular complexity index is 311. The van der Waals surface area contributed by atoms with Crippen molar-refractivity contribution < 1.29 is 14.3 Å². The molecule has 1 heterocycles. The van der Waals surface area contributed by atoms with Gasteiger partial charge in [-0.2, -0.15) is 0 Å². The highest BCUT2D eigenvalue weighted by molar-refractivity contribution is 5.90. The van der Waals surface area contributed by atoms with Crippen molar-refractivity contribution in [1.29, 1.82) is 0 Å². The van der Waals surface area contributed by atoms with Gasteiger partial charge in [-0.3, -0.25) is 4.79 Å². The van der Waals surface area contributed by atoms with Gasteiger partial charge >= 0.3 is 6.09 Å². The molecule has 0 spiro atoms. The zero-order chi connectivity index (χ0) is 10.8. The Morgan fingerprint density at radius 2 is 2.40 bits per heavy atom. The fourth-order valence-corrected chi connectivity index (χ4v) is 2.37. The van der Waals surface area contributed by atoms with Crippen molar-refractivity contribution >= 4 is 11.9 Å². The largest absolute Gasteiger partial charge is 0.453 e. The molecule has 82 valence electrons. The van der Waals surface area contributed by atoms with Gasteiger partial charge in [0.1, 0.15) is 0 Å². The number of fused-ring (bicyclic) bond motifs is 1. The topological polar surface area (TPSA) is 46.6 Å². The number of carbonyl (C=O) groups excluding carboxylic acids is 2. The Morgan fingerprint density at radius 1 is 1.60 bits per heavy atom. The maximum atomic E-state index is 11.3. The van der Waals surface area contributed by atoms with E-state index < -0.39 is 0 Å². The first kappa shape index (κ1) is 10.2. The van der Waals surface area contributed by atoms with Crippen molar-refractivity contribution in [2.24, 2.45) is 11.8 Å². The average Bonchev–Trinajstić information content (AvgIpc) is 2.27. The van der Waals surface area contributed by atoms with Crippen molar-refractivity contribution in [3.8, 4) is 0 Å². The van der Waals surface area contributed by atoms with E-state index in [2.05, 4.69) is 4.74 Å². The summed E-state index contributed by atoms with van der Waals surface area (Å²) in [5.74, 6) is 0.918. The third-order valence-corrected chi connectivity index (χ3v) is 3.22. The quantitative estimate of drug-likeness (QED) is 0.602. The summed E-state index contributed by atoms with van der Waals surface area (Å²) in [5.41, 5.74) is 0. The lowest BCUT2D eigenvalue weighted by molar-refractivity contribution is -0.116. The van der Waals surface area contributed by atoms with Crippen LogP contribution in [0.4, 0.5) is 4.79 Å². The second kappa shape index (κ2) is 4.04. The first-order valence-corrected chi connectivity index (χ1v) is 5.24. The summed E-state index contributed by atoms with van der Waals surface area (Å²) in [6.45, 7) is 1.37. The SMILES string of the molecule is COC(=O)N1CC[C@H]2C=CC(=O)C[C@H]2C1. The molecule has 1 saturated heterocycles. The third kappa shape index (κ3) is 2.03. The molecule has 15 heavy (non-hydrogen) atoms. The third-order valence-electron chi connectivity index (χ3n) is 3.22. The lowest BCUT2D eigenvalue weighted by atomic mass is 9.79. The average molecular weight is 209 g/mol. The first-order chi connectivity index (χ1) is 7.20. The van der Waals surface area contributed by atoms with Crippen molar-refractivity contribution in [2.45, 2.75) is 12.8 Å². The Labute approximate surface area is 88.9 Å². The second-order valence-electron chi connectivity index (χ2n) is 4.16. The molecule has 0 saturated carbocycles. The summed E-state index contributed by atoms with van der Waals surface area (Å²) in [4.78, 5) is 24.3. The zero-order valence-corrected chi connectivity index (χ0v) is 8.81. The second-order valence-corrected chi connectivity index (χ2v) is 4.16. The number of piperidine rings is 1. The molecule has 4 nitrogen and oxygen atoms in total. The van der Waals surface area contributed by atoms with E-state index in [9.17, 15) is 9.59 Å². The van der Waals surface area contributed by atoms with E-state index in [1.165, 1.54) is 7.11 Å². The van der Waals surface area contributed by atoms with E-state index in [-0.39, 0.29) is 17.8 Å². The summed E-state index contributed by atoms with van der Waals surface area (Å²) in [7, 11) is 1.39. The molecule has 0 N–H and O–H groups in total. The fourth-order valence-electron chi connectivity index (χ4n) is 2.37. The van der Waals surface area contributed by atoms with Gasteiger partial charge in [0, 0.05) is 19.5 Å². The molecule has 0 unspecified atom stereocenters. The maximum Gasteiger partial charge on any atom is 0.409 e. The highest BCUT2D eigenvalue weighted by atomic mass is 16.5. The predicted molar refractivity (Wildman–Crippen MR) is 54.3 cm³/mol. The minimum atomic E-state index is -0.282. The van der Waals surface area contributed by atoms with Gasteiger partial charge in [0.2, 0.25) is 0 Å². The van der Waals surface area contributed by atoms with Crippen LogP contribution in [0.25, 0.3) is 0 Å². The number of hydrogen-bond donors (Lipinski definition) is 0. The summed E-state index contributed by atoms with van der Waals surface area (Å²) in [6.07, 6.45) is 4.88. The van der Waals surface area contributed by atoms with Gasteiger partial charge in [0.05, 0.1) is 7.11 Å². The van der Waals surface area contributed by atoms with Crippen LogP contribution in [0.1, 0.15) is 12.8 Å². The Morgan fingerprint density at radius 3 is 3.13 bits per heavy atom. The van der Waals surface area contributed by atoms with Crippen LogP contribution in [0.3, 0.4) is 0 Å². The number of carbonyl (C=O) groups is 2. The van der Waals surface area contributed by atoms with Crippen LogP contribution in [0.15, 0.2) is 12.2 Å². The van der Waals surface area contributed by atoms with Crippen LogP contribution in [0.5, 0.6) is 0 Å². The number of likely N-dealkylation sites (tertiary alicyclic amines) is 1. The van der Waals surface area contributed by atoms with E-state index in [4.69, 9.17) is 0 Å². The van der Waals surface area contributed by atoms with Crippen molar-refractivity contribution in [3.63, 3.8) is 0 Å². The van der Waals surface area contributed by atoms with Crippen LogP contribution < -0.4 is 0 Å². The van der Waals surface area contributed by atoms with Gasteiger partial charge in [-0.05, 0) is 24.3 Å². The lowest BCUT2D eigenvalue weighted by Crippen LogP contribution is -2.44. The van der Waals surface area contributed by atoms with Gasteiger partial charge in [-0.25, -0.2) is 4.79 Å². The summed E-state index contributed by atoms with van der Waals surface area (Å²) in [6, 6.07) is 0. The van der Waals surface area contributed by atoms with Gasteiger partial charge in [0.15, 0.2) is 5.78 Å². The molecule has 0 aromatic rings. The Kier molecular flexibility index (Phi) is 2.75. The van der Waals surface area contributed by atoms with Crippen LogP contribution >= 0.6 is 0 Å². The van der Waals surface area contributed by atoms with Gasteiger partial charge in [-0.1, -0.05) is 6.08 Å². The maximum absolute atomic E-state index is 11.3. The summed E-state index contributed by atoms with van der Waals surface area (Å²) in [5, 5.41) is 0. The minimum absolute atomic E-state index is 0.169. The molecule has 2 atom stereocenters. The van der Waals surface area contributed by atoms with Crippen LogP contribution in [-0.2, 0) is 9.53 Å². The minimum Gasteiger partial charge on any atom is -0.453 e. The molecule has 2 rings (SSSR count). The number of rotatable bonds is 0. The van der Waals surface area contributed by atoms with E-state index in [1.807, 2.05) is 6.08 Å². The van der Waals surface area contributed by atoms with E-state index >= 15 is 0 Å². The van der Waals surface area contributed by atoms with E-state index in [0.29, 0.717) is 18.9 Å². The molecule has 1 aliphatic carbocycles. The number of amides is 1. The molecular weight excluding hydrogens is 194 g/mol. The highest BCUT2D eigenvalue weighted by Crippen LogP contribution is 2.30. The molecule has 0 radical (unpaired) electrons. The molecule has 4 heteroatoms. The monoisotopic (exact) mass is 209 g/mol. The van der Waals surface area contributed by atoms with Crippen molar-refractivity contribution in [2.75, 3.05) is 20.2 Å². The first-order valence-electron chi connectivity index (χ1n) is 5.24. The zero-order valence-electron chi connectivity index (χ0n) is 8.81. The molecule has 0 aromatic carbocycles. The molecule has 1 aliphatic heterocycles. The smallest absolute Gasteiger partial charge is 0.409 e. The van der Waals surface area contributed by atoms with Crippen LogP contribution in [0.2, 0.25) is 0 Å². The molecule has 2 aliphatic rings. The number of nitrogens with zero attached hydrogens (tertiary/aromatic N) is 1. The number of allylic oxidation sites excluding steroid dienone is 2. The van der Waals surface area contributed by atoms with E-state index in [0.717, 1.165) is 13.0 Å². The van der Waals surface area contributed by atoms with E-state index in [1.54, 1.807) is 11.0 Å². The normalized spacial score (nSPS) is 29.9. The molecule has 0 bridgehead atoms. The van der Waals surface area contributed by atoms with Gasteiger partial charge < -0.3 is 9.64 Å².